The topological polar surface area (TPSA) is 82.6 Å². The number of aliphatic imine (C=N–C) groups is 1. The van der Waals surface area contributed by atoms with Gasteiger partial charge in [0, 0.05) is 20.1 Å². The standard InChI is InChI=1S/C18H23FN4O2S/c1-20-18(21-12-11-14-7-3-5-9-16(14)19)22-13-15-8-4-6-10-17(15)23-26(2,24)25/h3-10,23H,11-13H2,1-2H3,(H2,20,21,22). The Morgan fingerprint density at radius 1 is 1.04 bits per heavy atom. The van der Waals surface area contributed by atoms with Gasteiger partial charge in [-0.1, -0.05) is 36.4 Å². The van der Waals surface area contributed by atoms with Crippen LogP contribution in [-0.2, 0) is 23.0 Å². The maximum Gasteiger partial charge on any atom is 0.229 e. The summed E-state index contributed by atoms with van der Waals surface area (Å²) in [6, 6.07) is 13.8. The Balaban J connectivity index is 1.90. The zero-order valence-electron chi connectivity index (χ0n) is 14.8. The smallest absolute Gasteiger partial charge is 0.229 e. The van der Waals surface area contributed by atoms with Gasteiger partial charge >= 0.3 is 0 Å². The van der Waals surface area contributed by atoms with E-state index in [2.05, 4.69) is 20.3 Å². The van der Waals surface area contributed by atoms with E-state index in [1.54, 1.807) is 37.4 Å². The van der Waals surface area contributed by atoms with Crippen LogP contribution in [0.2, 0.25) is 0 Å². The lowest BCUT2D eigenvalue weighted by atomic mass is 10.1. The number of halogens is 1. The average Bonchev–Trinajstić information content (AvgIpc) is 2.59. The van der Waals surface area contributed by atoms with Crippen LogP contribution in [0, 0.1) is 5.82 Å². The summed E-state index contributed by atoms with van der Waals surface area (Å²) in [6.07, 6.45) is 1.64. The lowest BCUT2D eigenvalue weighted by Crippen LogP contribution is -2.38. The molecule has 0 bridgehead atoms. The van der Waals surface area contributed by atoms with Crippen LogP contribution in [0.4, 0.5) is 10.1 Å². The van der Waals surface area contributed by atoms with Crippen LogP contribution in [0.15, 0.2) is 53.5 Å². The molecular formula is C18H23FN4O2S. The van der Waals surface area contributed by atoms with Gasteiger partial charge in [-0.3, -0.25) is 9.71 Å². The van der Waals surface area contributed by atoms with Crippen molar-refractivity contribution in [2.75, 3.05) is 24.6 Å². The van der Waals surface area contributed by atoms with E-state index >= 15 is 0 Å². The number of nitrogens with zero attached hydrogens (tertiary/aromatic N) is 1. The average molecular weight is 378 g/mol. The number of nitrogens with one attached hydrogen (secondary N) is 3. The molecular weight excluding hydrogens is 355 g/mol. The molecule has 3 N–H and O–H groups in total. The molecule has 0 unspecified atom stereocenters. The summed E-state index contributed by atoms with van der Waals surface area (Å²) in [5.41, 5.74) is 1.94. The number of rotatable bonds is 7. The number of sulfonamides is 1. The van der Waals surface area contributed by atoms with Crippen molar-refractivity contribution in [3.8, 4) is 0 Å². The fraction of sp³-hybridized carbons (Fsp3) is 0.278. The van der Waals surface area contributed by atoms with Crippen molar-refractivity contribution in [3.05, 3.63) is 65.5 Å². The predicted molar refractivity (Wildman–Crippen MR) is 103 cm³/mol. The SMILES string of the molecule is CN=C(NCCc1ccccc1F)NCc1ccccc1NS(C)(=O)=O. The van der Waals surface area contributed by atoms with Gasteiger partial charge in [0.2, 0.25) is 10.0 Å². The molecule has 0 aliphatic rings. The van der Waals surface area contributed by atoms with Gasteiger partial charge in [0.05, 0.1) is 11.9 Å². The molecule has 0 amide bonds. The maximum atomic E-state index is 13.6. The first-order chi connectivity index (χ1) is 12.4. The number of hydrogen-bond donors (Lipinski definition) is 3. The summed E-state index contributed by atoms with van der Waals surface area (Å²) in [6.45, 7) is 0.905. The van der Waals surface area contributed by atoms with Gasteiger partial charge in [-0.05, 0) is 29.7 Å². The highest BCUT2D eigenvalue weighted by atomic mass is 32.2. The van der Waals surface area contributed by atoms with E-state index in [1.165, 1.54) is 6.07 Å². The number of guanidine groups is 1. The molecule has 0 aromatic heterocycles. The van der Waals surface area contributed by atoms with Crippen molar-refractivity contribution < 1.29 is 12.8 Å². The van der Waals surface area contributed by atoms with Crippen molar-refractivity contribution in [3.63, 3.8) is 0 Å². The van der Waals surface area contributed by atoms with Crippen LogP contribution in [0.3, 0.4) is 0 Å². The molecule has 0 spiro atoms. The van der Waals surface area contributed by atoms with Gasteiger partial charge in [0.15, 0.2) is 5.96 Å². The van der Waals surface area contributed by atoms with Crippen molar-refractivity contribution in [2.24, 2.45) is 4.99 Å². The van der Waals surface area contributed by atoms with Crippen molar-refractivity contribution in [2.45, 2.75) is 13.0 Å². The van der Waals surface area contributed by atoms with Crippen LogP contribution >= 0.6 is 0 Å². The van der Waals surface area contributed by atoms with Crippen LogP contribution in [0.5, 0.6) is 0 Å². The highest BCUT2D eigenvalue weighted by Crippen LogP contribution is 2.15. The largest absolute Gasteiger partial charge is 0.356 e. The Kier molecular flexibility index (Phi) is 6.97. The van der Waals surface area contributed by atoms with Crippen LogP contribution in [0.1, 0.15) is 11.1 Å². The summed E-state index contributed by atoms with van der Waals surface area (Å²) < 4.78 is 39.0. The number of hydrogen-bond acceptors (Lipinski definition) is 3. The van der Waals surface area contributed by atoms with Crippen LogP contribution < -0.4 is 15.4 Å². The monoisotopic (exact) mass is 378 g/mol. The summed E-state index contributed by atoms with van der Waals surface area (Å²) in [5, 5.41) is 6.24. The van der Waals surface area contributed by atoms with Gasteiger partial charge < -0.3 is 10.6 Å². The molecule has 6 nitrogen and oxygen atoms in total. The molecule has 0 aliphatic heterocycles. The van der Waals surface area contributed by atoms with E-state index in [-0.39, 0.29) is 5.82 Å². The minimum Gasteiger partial charge on any atom is -0.356 e. The summed E-state index contributed by atoms with van der Waals surface area (Å²) in [5.74, 6) is 0.327. The molecule has 140 valence electrons. The lowest BCUT2D eigenvalue weighted by Gasteiger charge is -2.14. The second-order valence-corrected chi connectivity index (χ2v) is 7.47. The summed E-state index contributed by atoms with van der Waals surface area (Å²) >= 11 is 0. The number of anilines is 1. The summed E-state index contributed by atoms with van der Waals surface area (Å²) in [4.78, 5) is 4.12. The fourth-order valence-corrected chi connectivity index (χ4v) is 2.99. The van der Waals surface area contributed by atoms with Gasteiger partial charge in [-0.25, -0.2) is 12.8 Å². The van der Waals surface area contributed by atoms with E-state index in [4.69, 9.17) is 0 Å². The van der Waals surface area contributed by atoms with Gasteiger partial charge in [0.1, 0.15) is 5.82 Å². The highest BCUT2D eigenvalue weighted by molar-refractivity contribution is 7.92. The molecule has 0 saturated carbocycles. The first-order valence-corrected chi connectivity index (χ1v) is 10.0. The van der Waals surface area contributed by atoms with E-state index in [0.29, 0.717) is 36.7 Å². The maximum absolute atomic E-state index is 13.6. The number of benzene rings is 2. The first-order valence-electron chi connectivity index (χ1n) is 8.12. The molecule has 0 saturated heterocycles. The van der Waals surface area contributed by atoms with Crippen molar-refractivity contribution >= 4 is 21.7 Å². The van der Waals surface area contributed by atoms with Crippen molar-refractivity contribution in [1.29, 1.82) is 0 Å². The van der Waals surface area contributed by atoms with E-state index in [9.17, 15) is 12.8 Å². The predicted octanol–water partition coefficient (Wildman–Crippen LogP) is 2.10. The van der Waals surface area contributed by atoms with Gasteiger partial charge in [0.25, 0.3) is 0 Å². The molecule has 0 heterocycles. The Morgan fingerprint density at radius 3 is 2.35 bits per heavy atom. The van der Waals surface area contributed by atoms with Crippen molar-refractivity contribution in [1.82, 2.24) is 10.6 Å². The van der Waals surface area contributed by atoms with Gasteiger partial charge in [-0.2, -0.15) is 0 Å². The zero-order chi connectivity index (χ0) is 19.0. The first kappa shape index (κ1) is 19.7. The molecule has 0 radical (unpaired) electrons. The van der Waals surface area contributed by atoms with Crippen LogP contribution in [0.25, 0.3) is 0 Å². The quantitative estimate of drug-likeness (QED) is 0.509. The normalized spacial score (nSPS) is 11.9. The third-order valence-corrected chi connectivity index (χ3v) is 4.22. The molecule has 26 heavy (non-hydrogen) atoms. The third-order valence-electron chi connectivity index (χ3n) is 3.63. The molecule has 0 fully saturated rings. The molecule has 2 aromatic rings. The zero-order valence-corrected chi connectivity index (χ0v) is 15.6. The van der Waals surface area contributed by atoms with Gasteiger partial charge in [-0.15, -0.1) is 0 Å². The second kappa shape index (κ2) is 9.19. The van der Waals surface area contributed by atoms with E-state index in [0.717, 1.165) is 11.8 Å². The Hall–Kier alpha value is -2.61. The Morgan fingerprint density at radius 2 is 1.69 bits per heavy atom. The van der Waals surface area contributed by atoms with E-state index < -0.39 is 10.0 Å². The van der Waals surface area contributed by atoms with Crippen LogP contribution in [-0.4, -0.2) is 34.2 Å². The van der Waals surface area contributed by atoms with E-state index in [1.807, 2.05) is 12.1 Å². The Labute approximate surface area is 153 Å². The highest BCUT2D eigenvalue weighted by Gasteiger charge is 2.08. The fourth-order valence-electron chi connectivity index (χ4n) is 2.39. The Bertz CT molecular complexity index is 869. The molecule has 2 aromatic carbocycles. The second-order valence-electron chi connectivity index (χ2n) is 5.73. The lowest BCUT2D eigenvalue weighted by molar-refractivity contribution is 0.606. The molecule has 8 heteroatoms. The minimum atomic E-state index is -3.35. The molecule has 0 aliphatic carbocycles. The molecule has 2 rings (SSSR count). The minimum absolute atomic E-state index is 0.224. The molecule has 0 atom stereocenters. The third kappa shape index (κ3) is 6.36. The number of para-hydroxylation sites is 1. The summed E-state index contributed by atoms with van der Waals surface area (Å²) in [7, 11) is -1.71.